The van der Waals surface area contributed by atoms with Crippen molar-refractivity contribution in [1.82, 2.24) is 14.5 Å². The minimum Gasteiger partial charge on any atom is -0.369 e. The molecule has 1 aliphatic rings. The predicted molar refractivity (Wildman–Crippen MR) is 82.0 cm³/mol. The lowest BCUT2D eigenvalue weighted by atomic mass is 10.1. The van der Waals surface area contributed by atoms with Crippen molar-refractivity contribution in [2.45, 2.75) is 39.9 Å². The van der Waals surface area contributed by atoms with Crippen LogP contribution >= 0.6 is 11.6 Å². The second kappa shape index (κ2) is 4.70. The molecule has 0 aliphatic carbocycles. The smallest absolute Gasteiger partial charge is 0.326 e. The number of hydrogen-bond donors (Lipinski definition) is 1. The Kier molecular flexibility index (Phi) is 3.13. The molecule has 1 aromatic carbocycles. The molecule has 0 unspecified atom stereocenters. The Balaban J connectivity index is 2.22. The Morgan fingerprint density at radius 2 is 2.20 bits per heavy atom. The van der Waals surface area contributed by atoms with Gasteiger partial charge in [-0.3, -0.25) is 4.57 Å². The van der Waals surface area contributed by atoms with E-state index in [-0.39, 0.29) is 11.7 Å². The van der Waals surface area contributed by atoms with Crippen LogP contribution in [0.25, 0.3) is 11.0 Å². The van der Waals surface area contributed by atoms with Gasteiger partial charge in [-0.1, -0.05) is 17.2 Å². The molecule has 2 aromatic rings. The highest BCUT2D eigenvalue weighted by atomic mass is 35.5. The van der Waals surface area contributed by atoms with E-state index in [2.05, 4.69) is 36.9 Å². The molecule has 5 heteroatoms. The fourth-order valence-corrected chi connectivity index (χ4v) is 3.12. The lowest BCUT2D eigenvalue weighted by Crippen LogP contribution is -2.32. The first-order valence-electron chi connectivity index (χ1n) is 6.77. The predicted octanol–water partition coefficient (Wildman–Crippen LogP) is 3.11. The normalized spacial score (nSPS) is 18.2. The van der Waals surface area contributed by atoms with Crippen molar-refractivity contribution in [3.63, 3.8) is 0 Å². The monoisotopic (exact) mass is 291 g/mol. The van der Waals surface area contributed by atoms with Gasteiger partial charge < -0.3 is 9.88 Å². The Hall–Kier alpha value is -1.68. The largest absolute Gasteiger partial charge is 0.369 e. The molecule has 1 atom stereocenters. The summed E-state index contributed by atoms with van der Waals surface area (Å²) in [7, 11) is 0. The second-order valence-electron chi connectivity index (χ2n) is 5.73. The van der Waals surface area contributed by atoms with Crippen molar-refractivity contribution in [3.8, 4) is 0 Å². The molecule has 1 N–H and O–H groups in total. The van der Waals surface area contributed by atoms with Crippen LogP contribution in [0.3, 0.4) is 0 Å². The van der Waals surface area contributed by atoms with E-state index in [4.69, 9.17) is 11.6 Å². The van der Waals surface area contributed by atoms with E-state index in [9.17, 15) is 4.79 Å². The molecule has 1 aliphatic heterocycles. The summed E-state index contributed by atoms with van der Waals surface area (Å²) in [5, 5.41) is 0.660. The SMILES string of the molecule is CC(C)=CN1Cc2cc(Cl)cc3[nH]c(=O)n(c23)C[C@@H]1C. The fraction of sp³-hybridized carbons (Fsp3) is 0.400. The molecule has 106 valence electrons. The lowest BCUT2D eigenvalue weighted by molar-refractivity contribution is 0.266. The molecule has 3 rings (SSSR count). The zero-order chi connectivity index (χ0) is 14.4. The van der Waals surface area contributed by atoms with Gasteiger partial charge in [0.05, 0.1) is 11.0 Å². The van der Waals surface area contributed by atoms with Gasteiger partial charge in [0.2, 0.25) is 0 Å². The van der Waals surface area contributed by atoms with Crippen LogP contribution in [0.4, 0.5) is 0 Å². The first-order chi connectivity index (χ1) is 9.45. The van der Waals surface area contributed by atoms with Crippen LogP contribution in [0, 0.1) is 0 Å². The van der Waals surface area contributed by atoms with Crippen molar-refractivity contribution >= 4 is 22.6 Å². The molecule has 0 fully saturated rings. The molecule has 0 saturated heterocycles. The Labute approximate surface area is 122 Å². The van der Waals surface area contributed by atoms with Crippen molar-refractivity contribution in [3.05, 3.63) is 45.0 Å². The number of nitrogens with zero attached hydrogens (tertiary/aromatic N) is 2. The van der Waals surface area contributed by atoms with E-state index >= 15 is 0 Å². The van der Waals surface area contributed by atoms with E-state index in [0.29, 0.717) is 11.6 Å². The first-order valence-corrected chi connectivity index (χ1v) is 7.15. The third-order valence-electron chi connectivity index (χ3n) is 3.70. The highest BCUT2D eigenvalue weighted by Crippen LogP contribution is 2.27. The minimum absolute atomic E-state index is 0.0607. The average molecular weight is 292 g/mol. The maximum Gasteiger partial charge on any atom is 0.326 e. The molecule has 0 radical (unpaired) electrons. The Morgan fingerprint density at radius 3 is 2.90 bits per heavy atom. The number of rotatable bonds is 1. The summed E-state index contributed by atoms with van der Waals surface area (Å²) >= 11 is 6.17. The van der Waals surface area contributed by atoms with Gasteiger partial charge in [0.15, 0.2) is 0 Å². The van der Waals surface area contributed by atoms with Gasteiger partial charge in [-0.15, -0.1) is 0 Å². The van der Waals surface area contributed by atoms with Crippen LogP contribution in [0.5, 0.6) is 0 Å². The van der Waals surface area contributed by atoms with Crippen molar-refractivity contribution < 1.29 is 0 Å². The molecule has 2 heterocycles. The Bertz CT molecular complexity index is 752. The Morgan fingerprint density at radius 1 is 1.45 bits per heavy atom. The molecule has 0 amide bonds. The minimum atomic E-state index is -0.0607. The summed E-state index contributed by atoms with van der Waals surface area (Å²) in [6.45, 7) is 7.74. The molecule has 1 aromatic heterocycles. The number of allylic oxidation sites excluding steroid dienone is 1. The standard InChI is InChI=1S/C15H18ClN3O/c1-9(2)6-18-8-11-4-12(16)5-13-14(11)19(7-10(18)3)15(20)17-13/h4-6,10H,7-8H2,1-3H3,(H,17,20)/t10-/m0/s1. The van der Waals surface area contributed by atoms with Crippen LogP contribution in [0.1, 0.15) is 26.3 Å². The number of halogens is 1. The summed E-state index contributed by atoms with van der Waals surface area (Å²) < 4.78 is 1.82. The van der Waals surface area contributed by atoms with Gasteiger partial charge in [-0.2, -0.15) is 0 Å². The zero-order valence-electron chi connectivity index (χ0n) is 11.9. The molecule has 0 bridgehead atoms. The number of nitrogens with one attached hydrogen (secondary N) is 1. The summed E-state index contributed by atoms with van der Waals surface area (Å²) in [6, 6.07) is 4.03. The molecule has 0 saturated carbocycles. The summed E-state index contributed by atoms with van der Waals surface area (Å²) in [5.41, 5.74) is 4.08. The van der Waals surface area contributed by atoms with Crippen LogP contribution in [-0.2, 0) is 13.1 Å². The zero-order valence-corrected chi connectivity index (χ0v) is 12.7. The second-order valence-corrected chi connectivity index (χ2v) is 6.17. The van der Waals surface area contributed by atoms with Gasteiger partial charge in [0.1, 0.15) is 0 Å². The maximum atomic E-state index is 12.1. The maximum absolute atomic E-state index is 12.1. The van der Waals surface area contributed by atoms with Crippen molar-refractivity contribution in [1.29, 1.82) is 0 Å². The summed E-state index contributed by atoms with van der Waals surface area (Å²) in [5.74, 6) is 0. The van der Waals surface area contributed by atoms with Gasteiger partial charge >= 0.3 is 5.69 Å². The van der Waals surface area contributed by atoms with Gasteiger partial charge in [-0.25, -0.2) is 4.79 Å². The quantitative estimate of drug-likeness (QED) is 0.877. The van der Waals surface area contributed by atoms with Gasteiger partial charge in [-0.05, 0) is 44.7 Å². The summed E-state index contributed by atoms with van der Waals surface area (Å²) in [4.78, 5) is 17.3. The van der Waals surface area contributed by atoms with E-state index in [1.807, 2.05) is 16.7 Å². The number of benzene rings is 1. The number of H-pyrrole nitrogens is 1. The number of aromatic nitrogens is 2. The number of hydrogen-bond acceptors (Lipinski definition) is 2. The van der Waals surface area contributed by atoms with Crippen molar-refractivity contribution in [2.75, 3.05) is 0 Å². The van der Waals surface area contributed by atoms with E-state index < -0.39 is 0 Å². The molecule has 20 heavy (non-hydrogen) atoms. The van der Waals surface area contributed by atoms with Crippen LogP contribution in [0.15, 0.2) is 28.7 Å². The lowest BCUT2D eigenvalue weighted by Gasteiger charge is -2.26. The highest BCUT2D eigenvalue weighted by molar-refractivity contribution is 6.31. The van der Waals surface area contributed by atoms with Crippen LogP contribution in [0.2, 0.25) is 5.02 Å². The number of imidazole rings is 1. The molecular weight excluding hydrogens is 274 g/mol. The van der Waals surface area contributed by atoms with E-state index in [1.165, 1.54) is 5.57 Å². The average Bonchev–Trinajstić information content (AvgIpc) is 2.55. The van der Waals surface area contributed by atoms with Gasteiger partial charge in [0.25, 0.3) is 0 Å². The summed E-state index contributed by atoms with van der Waals surface area (Å²) in [6.07, 6.45) is 2.15. The van der Waals surface area contributed by atoms with Crippen LogP contribution in [-0.4, -0.2) is 20.5 Å². The van der Waals surface area contributed by atoms with Gasteiger partial charge in [0, 0.05) is 24.2 Å². The topological polar surface area (TPSA) is 41.0 Å². The molecule has 4 nitrogen and oxygen atoms in total. The van der Waals surface area contributed by atoms with E-state index in [0.717, 1.165) is 23.1 Å². The van der Waals surface area contributed by atoms with E-state index in [1.54, 1.807) is 0 Å². The van der Waals surface area contributed by atoms with Crippen molar-refractivity contribution in [2.24, 2.45) is 0 Å². The highest BCUT2D eigenvalue weighted by Gasteiger charge is 2.22. The molecule has 0 spiro atoms. The fourth-order valence-electron chi connectivity index (χ4n) is 2.87. The molecular formula is C15H18ClN3O. The third-order valence-corrected chi connectivity index (χ3v) is 3.92. The van der Waals surface area contributed by atoms with Crippen LogP contribution < -0.4 is 5.69 Å². The first kappa shape index (κ1) is 13.3. The number of aromatic amines is 1. The third kappa shape index (κ3) is 2.14.